The molecule has 0 radical (unpaired) electrons. The average molecular weight is 710 g/mol. The third-order valence-electron chi connectivity index (χ3n) is 9.68. The maximum atomic E-state index is 15.0. The van der Waals surface area contributed by atoms with Gasteiger partial charge in [-0.2, -0.15) is 5.10 Å². The Balaban J connectivity index is 1.49. The third-order valence-corrected chi connectivity index (χ3v) is 11.7. The van der Waals surface area contributed by atoms with Gasteiger partial charge in [-0.3, -0.25) is 19.0 Å². The lowest BCUT2D eigenvalue weighted by Crippen LogP contribution is -2.44. The zero-order chi connectivity index (χ0) is 34.8. The van der Waals surface area contributed by atoms with Gasteiger partial charge in [0.25, 0.3) is 11.8 Å². The summed E-state index contributed by atoms with van der Waals surface area (Å²) in [6.45, 7) is 5.03. The second-order valence-electron chi connectivity index (χ2n) is 13.4. The minimum Gasteiger partial charge on any atom is -0.487 e. The van der Waals surface area contributed by atoms with E-state index in [4.69, 9.17) is 25.8 Å². The highest BCUT2D eigenvalue weighted by Gasteiger charge is 2.38. The first-order chi connectivity index (χ1) is 23.5. The van der Waals surface area contributed by atoms with Crippen LogP contribution in [0.3, 0.4) is 0 Å². The highest BCUT2D eigenvalue weighted by molar-refractivity contribution is 7.92. The van der Waals surface area contributed by atoms with Crippen LogP contribution in [0.5, 0.6) is 5.75 Å². The lowest BCUT2D eigenvalue weighted by Gasteiger charge is -2.43. The van der Waals surface area contributed by atoms with Crippen molar-refractivity contribution in [2.45, 2.75) is 69.2 Å². The summed E-state index contributed by atoms with van der Waals surface area (Å²) in [6.07, 6.45) is 11.4. The van der Waals surface area contributed by atoms with Gasteiger partial charge in [0, 0.05) is 38.5 Å². The molecule has 1 fully saturated rings. The first-order valence-corrected chi connectivity index (χ1v) is 18.6. The molecule has 4 atom stereocenters. The van der Waals surface area contributed by atoms with Gasteiger partial charge in [-0.05, 0) is 99.2 Å². The number of carbonyl (C=O) groups excluding carboxylic acids is 2. The van der Waals surface area contributed by atoms with Crippen LogP contribution < -0.4 is 14.4 Å². The molecule has 49 heavy (non-hydrogen) atoms. The van der Waals surface area contributed by atoms with Crippen molar-refractivity contribution in [3.8, 4) is 5.75 Å². The number of fused-ring (bicyclic) bond motifs is 3. The van der Waals surface area contributed by atoms with Crippen LogP contribution in [-0.4, -0.2) is 64.3 Å². The molecule has 262 valence electrons. The van der Waals surface area contributed by atoms with Crippen molar-refractivity contribution < 1.29 is 28.0 Å². The van der Waals surface area contributed by atoms with Crippen LogP contribution >= 0.6 is 11.6 Å². The number of anilines is 1. The molecule has 6 rings (SSSR count). The van der Waals surface area contributed by atoms with Crippen molar-refractivity contribution in [3.05, 3.63) is 82.7 Å². The van der Waals surface area contributed by atoms with Gasteiger partial charge in [-0.15, -0.1) is 4.36 Å². The number of carbonyl (C=O) groups is 2. The topological polar surface area (TPSA) is 124 Å². The lowest BCUT2D eigenvalue weighted by molar-refractivity contribution is -0.137. The molecule has 2 aromatic carbocycles. The van der Waals surface area contributed by atoms with Crippen LogP contribution in [0.1, 0.15) is 61.0 Å². The van der Waals surface area contributed by atoms with Gasteiger partial charge in [0.15, 0.2) is 9.92 Å². The molecule has 1 N–H and O–H groups in total. The molecular weight excluding hydrogens is 666 g/mol. The zero-order valence-corrected chi connectivity index (χ0v) is 30.0. The van der Waals surface area contributed by atoms with E-state index in [0.717, 1.165) is 55.5 Å². The molecule has 2 bridgehead atoms. The Kier molecular flexibility index (Phi) is 10.5. The van der Waals surface area contributed by atoms with E-state index >= 15 is 0 Å². The molecule has 0 spiro atoms. The Morgan fingerprint density at radius 3 is 2.71 bits per heavy atom. The van der Waals surface area contributed by atoms with Gasteiger partial charge in [0.2, 0.25) is 0 Å². The first kappa shape index (κ1) is 35.1. The van der Waals surface area contributed by atoms with E-state index in [1.165, 1.54) is 17.1 Å². The molecule has 1 saturated carbocycles. The van der Waals surface area contributed by atoms with Gasteiger partial charge in [-0.25, -0.2) is 4.21 Å². The third kappa shape index (κ3) is 7.88. The Morgan fingerprint density at radius 2 is 1.98 bits per heavy atom. The number of aromatic nitrogens is 2. The number of hydrogen-bond donors (Lipinski definition) is 1. The molecule has 3 aromatic rings. The number of ether oxygens (including phenoxy) is 3. The van der Waals surface area contributed by atoms with Gasteiger partial charge in [0.1, 0.15) is 18.0 Å². The maximum Gasteiger partial charge on any atom is 0.287 e. The minimum atomic E-state index is -3.87. The number of nitrogens with zero attached hydrogens (tertiary/aromatic N) is 4. The predicted octanol–water partition coefficient (Wildman–Crippen LogP) is 5.90. The molecular formula is C36H44ClN5O6S. The van der Waals surface area contributed by atoms with Crippen LogP contribution in [0.2, 0.25) is 5.02 Å². The minimum absolute atomic E-state index is 0.106. The van der Waals surface area contributed by atoms with Crippen molar-refractivity contribution in [3.63, 3.8) is 0 Å². The SMILES string of the molecule is CO[C@H]1/C=C/COC(C)(C)C(=O)N=S(=O)(NC(=O)c2cnn(C)c2)c2ccc3c(c2)N(CCCCc2cc(Cl)ccc2CO3)C[C@@H]2CC[C@H]21. The number of rotatable bonds is 3. The second-order valence-corrected chi connectivity index (χ2v) is 15.8. The fourth-order valence-electron chi connectivity index (χ4n) is 6.62. The van der Waals surface area contributed by atoms with Crippen LogP contribution in [0.4, 0.5) is 5.69 Å². The average Bonchev–Trinajstić information content (AvgIpc) is 3.49. The second kappa shape index (κ2) is 14.6. The molecule has 1 unspecified atom stereocenters. The Hall–Kier alpha value is -3.71. The Labute approximate surface area is 293 Å². The summed E-state index contributed by atoms with van der Waals surface area (Å²) in [4.78, 5) is 29.6. The molecule has 1 aliphatic carbocycles. The van der Waals surface area contributed by atoms with Crippen LogP contribution in [0.15, 0.2) is 70.2 Å². The van der Waals surface area contributed by atoms with E-state index in [0.29, 0.717) is 35.8 Å². The number of hydrogen-bond acceptors (Lipinski definition) is 8. The molecule has 3 aliphatic rings. The summed E-state index contributed by atoms with van der Waals surface area (Å²) in [5.74, 6) is -0.223. The van der Waals surface area contributed by atoms with Crippen molar-refractivity contribution >= 4 is 39.0 Å². The van der Waals surface area contributed by atoms with Crippen LogP contribution in [-0.2, 0) is 44.3 Å². The smallest absolute Gasteiger partial charge is 0.287 e. The van der Waals surface area contributed by atoms with E-state index in [1.54, 1.807) is 46.2 Å². The standard InChI is InChI=1S/C36H44ClN5O6S/c1-36(2)35(44)40-49(45,39-34(43)27-20-38-41(3)21-27)29-13-15-33-31(19-29)42(22-25-11-14-30(25)32(46-4)9-7-17-48-36)16-6-5-8-24-18-28(37)12-10-26(24)23-47-33/h7,9-10,12-13,15,18-21,25,30,32H,5-6,8,11,14,16-17,22-23H2,1-4H3,(H,39,40,43,44,45)/b9-7+/t25-,30+,32-,49?/m0/s1. The summed E-state index contributed by atoms with van der Waals surface area (Å²) in [5.41, 5.74) is 1.67. The highest BCUT2D eigenvalue weighted by Crippen LogP contribution is 2.42. The molecule has 13 heteroatoms. The van der Waals surface area contributed by atoms with Gasteiger partial charge in [0.05, 0.1) is 35.1 Å². The maximum absolute atomic E-state index is 15.0. The first-order valence-electron chi connectivity index (χ1n) is 16.7. The summed E-state index contributed by atoms with van der Waals surface area (Å²) in [6, 6.07) is 11.0. The van der Waals surface area contributed by atoms with Gasteiger partial charge < -0.3 is 19.1 Å². The summed E-state index contributed by atoms with van der Waals surface area (Å²) in [7, 11) is -0.476. The molecule has 2 aliphatic heterocycles. The van der Waals surface area contributed by atoms with Gasteiger partial charge >= 0.3 is 0 Å². The van der Waals surface area contributed by atoms with Crippen molar-refractivity contribution in [1.82, 2.24) is 14.5 Å². The number of benzene rings is 2. The monoisotopic (exact) mass is 709 g/mol. The fourth-order valence-corrected chi connectivity index (χ4v) is 8.43. The number of halogens is 1. The summed E-state index contributed by atoms with van der Waals surface area (Å²) in [5, 5.41) is 4.76. The number of aryl methyl sites for hydroxylation is 2. The van der Waals surface area contributed by atoms with E-state index in [-0.39, 0.29) is 23.2 Å². The molecule has 11 nitrogen and oxygen atoms in total. The van der Waals surface area contributed by atoms with Crippen molar-refractivity contribution in [1.29, 1.82) is 0 Å². The van der Waals surface area contributed by atoms with Crippen molar-refractivity contribution in [2.24, 2.45) is 23.2 Å². The Bertz CT molecular complexity index is 1870. The number of nitrogens with one attached hydrogen (secondary N) is 1. The molecule has 1 aromatic heterocycles. The quantitative estimate of drug-likeness (QED) is 0.334. The molecule has 3 heterocycles. The van der Waals surface area contributed by atoms with E-state index in [9.17, 15) is 13.8 Å². The Morgan fingerprint density at radius 1 is 1.14 bits per heavy atom. The largest absolute Gasteiger partial charge is 0.487 e. The summed E-state index contributed by atoms with van der Waals surface area (Å²) < 4.78 is 41.6. The predicted molar refractivity (Wildman–Crippen MR) is 188 cm³/mol. The zero-order valence-electron chi connectivity index (χ0n) is 28.4. The van der Waals surface area contributed by atoms with Crippen LogP contribution in [0.25, 0.3) is 0 Å². The summed E-state index contributed by atoms with van der Waals surface area (Å²) >= 11 is 6.37. The van der Waals surface area contributed by atoms with E-state index in [2.05, 4.69) is 19.1 Å². The molecule has 0 saturated heterocycles. The molecule has 2 amide bonds. The van der Waals surface area contributed by atoms with Gasteiger partial charge in [-0.1, -0.05) is 29.8 Å². The van der Waals surface area contributed by atoms with E-state index in [1.807, 2.05) is 30.4 Å². The number of methoxy groups -OCH3 is 1. The van der Waals surface area contributed by atoms with E-state index < -0.39 is 27.3 Å². The van der Waals surface area contributed by atoms with Crippen LogP contribution in [0, 0.1) is 11.8 Å². The van der Waals surface area contributed by atoms with Crippen molar-refractivity contribution in [2.75, 3.05) is 31.7 Å². The highest BCUT2D eigenvalue weighted by atomic mass is 35.5. The number of amides is 2. The normalized spacial score (nSPS) is 26.4. The fraction of sp³-hybridized carbons (Fsp3) is 0.472. The lowest BCUT2D eigenvalue weighted by atomic mass is 9.70.